The largest absolute Gasteiger partial charge is 0.492 e. The summed E-state index contributed by atoms with van der Waals surface area (Å²) < 4.78 is 11.2. The minimum Gasteiger partial charge on any atom is -0.492 e. The number of benzene rings is 3. The molecule has 1 heterocycles. The molecule has 0 saturated carbocycles. The van der Waals surface area contributed by atoms with E-state index in [9.17, 15) is 14.4 Å². The molecule has 0 fully saturated rings. The van der Waals surface area contributed by atoms with Crippen molar-refractivity contribution >= 4 is 28.5 Å². The second kappa shape index (κ2) is 9.82. The number of pyridine rings is 1. The van der Waals surface area contributed by atoms with Crippen LogP contribution in [0.5, 0.6) is 5.75 Å². The normalized spacial score (nSPS) is 11.5. The Labute approximate surface area is 190 Å². The van der Waals surface area contributed by atoms with E-state index in [1.54, 1.807) is 78.9 Å². The maximum Gasteiger partial charge on any atom is 0.340 e. The first-order chi connectivity index (χ1) is 16.1. The lowest BCUT2D eigenvalue weighted by molar-refractivity contribution is -0.125. The van der Waals surface area contributed by atoms with Gasteiger partial charge in [0.15, 0.2) is 0 Å². The number of rotatable bonds is 7. The fraction of sp³-hybridized carbons (Fsp3) is 0.115. The molecule has 1 amide bonds. The summed E-state index contributed by atoms with van der Waals surface area (Å²) in [4.78, 5) is 41.2. The fourth-order valence-corrected chi connectivity index (χ4v) is 3.49. The maximum atomic E-state index is 13.3. The number of H-pyrrole nitrogens is 1. The smallest absolute Gasteiger partial charge is 0.340 e. The lowest BCUT2D eigenvalue weighted by atomic mass is 10.1. The van der Waals surface area contributed by atoms with Crippen LogP contribution in [0.2, 0.25) is 0 Å². The van der Waals surface area contributed by atoms with Crippen LogP contribution in [-0.2, 0) is 9.53 Å². The summed E-state index contributed by atoms with van der Waals surface area (Å²) in [7, 11) is 0. The van der Waals surface area contributed by atoms with E-state index < -0.39 is 23.5 Å². The first kappa shape index (κ1) is 21.8. The number of anilines is 1. The molecule has 7 nitrogen and oxygen atoms in total. The predicted molar refractivity (Wildman–Crippen MR) is 125 cm³/mol. The van der Waals surface area contributed by atoms with Crippen LogP contribution < -0.4 is 15.6 Å². The summed E-state index contributed by atoms with van der Waals surface area (Å²) in [5.74, 6) is -0.817. The zero-order valence-corrected chi connectivity index (χ0v) is 17.9. The zero-order valence-electron chi connectivity index (χ0n) is 17.9. The molecular weight excluding hydrogens is 420 g/mol. The Hall–Kier alpha value is -4.39. The number of esters is 1. The molecule has 1 aromatic heterocycles. The number of hydrogen-bond donors (Lipinski definition) is 2. The van der Waals surface area contributed by atoms with Crippen LogP contribution in [0, 0.1) is 0 Å². The molecule has 4 aromatic rings. The molecule has 7 heteroatoms. The first-order valence-corrected chi connectivity index (χ1v) is 10.5. The zero-order chi connectivity index (χ0) is 23.2. The molecule has 0 saturated heterocycles. The van der Waals surface area contributed by atoms with Gasteiger partial charge in [-0.05, 0) is 25.1 Å². The van der Waals surface area contributed by atoms with Gasteiger partial charge < -0.3 is 19.8 Å². The van der Waals surface area contributed by atoms with E-state index in [0.29, 0.717) is 34.5 Å². The van der Waals surface area contributed by atoms with Crippen LogP contribution in [-0.4, -0.2) is 23.5 Å². The second-order valence-corrected chi connectivity index (χ2v) is 7.21. The molecule has 4 rings (SSSR count). The topological polar surface area (TPSA) is 97.5 Å². The van der Waals surface area contributed by atoms with Crippen molar-refractivity contribution in [3.63, 3.8) is 0 Å². The predicted octanol–water partition coefficient (Wildman–Crippen LogP) is 4.46. The summed E-state index contributed by atoms with van der Waals surface area (Å²) in [6.45, 7) is 2.28. The van der Waals surface area contributed by atoms with Crippen LogP contribution >= 0.6 is 0 Å². The summed E-state index contributed by atoms with van der Waals surface area (Å²) in [5.41, 5.74) is 1.10. The van der Waals surface area contributed by atoms with Crippen molar-refractivity contribution < 1.29 is 19.1 Å². The van der Waals surface area contributed by atoms with Crippen molar-refractivity contribution in [1.29, 1.82) is 0 Å². The van der Waals surface area contributed by atoms with Crippen LogP contribution in [0.25, 0.3) is 10.9 Å². The van der Waals surface area contributed by atoms with Crippen molar-refractivity contribution in [2.45, 2.75) is 13.0 Å². The van der Waals surface area contributed by atoms with Gasteiger partial charge in [-0.3, -0.25) is 9.59 Å². The van der Waals surface area contributed by atoms with Gasteiger partial charge in [0.25, 0.3) is 5.91 Å². The van der Waals surface area contributed by atoms with Gasteiger partial charge in [-0.1, -0.05) is 60.7 Å². The van der Waals surface area contributed by atoms with Crippen LogP contribution in [0.1, 0.15) is 28.9 Å². The lowest BCUT2D eigenvalue weighted by Crippen LogP contribution is -2.26. The quantitative estimate of drug-likeness (QED) is 0.412. The van der Waals surface area contributed by atoms with Crippen molar-refractivity contribution in [2.75, 3.05) is 11.9 Å². The van der Waals surface area contributed by atoms with Crippen molar-refractivity contribution in [3.05, 3.63) is 106 Å². The SMILES string of the molecule is CCOc1ccccc1NC(=O)C(OC(=O)c1cc(=O)[nH]c2ccccc12)c1ccccc1. The van der Waals surface area contributed by atoms with E-state index in [0.717, 1.165) is 0 Å². The number of ether oxygens (including phenoxy) is 2. The summed E-state index contributed by atoms with van der Waals surface area (Å²) in [6.07, 6.45) is -1.24. The van der Waals surface area contributed by atoms with Crippen LogP contribution in [0.15, 0.2) is 89.7 Å². The molecule has 166 valence electrons. The number of aromatic nitrogens is 1. The highest BCUT2D eigenvalue weighted by atomic mass is 16.5. The van der Waals surface area contributed by atoms with Gasteiger partial charge >= 0.3 is 5.97 Å². The molecule has 1 unspecified atom stereocenters. The highest BCUT2D eigenvalue weighted by Gasteiger charge is 2.27. The molecule has 0 radical (unpaired) electrons. The molecule has 0 spiro atoms. The van der Waals surface area contributed by atoms with Crippen molar-refractivity contribution in [1.82, 2.24) is 4.98 Å². The minimum absolute atomic E-state index is 0.0813. The van der Waals surface area contributed by atoms with E-state index in [1.807, 2.05) is 6.92 Å². The Morgan fingerprint density at radius 1 is 0.939 bits per heavy atom. The van der Waals surface area contributed by atoms with Gasteiger partial charge in [0.2, 0.25) is 11.7 Å². The third-order valence-electron chi connectivity index (χ3n) is 4.98. The van der Waals surface area contributed by atoms with Gasteiger partial charge in [-0.25, -0.2) is 4.79 Å². The molecule has 2 N–H and O–H groups in total. The number of fused-ring (bicyclic) bond motifs is 1. The van der Waals surface area contributed by atoms with Crippen molar-refractivity contribution in [3.8, 4) is 5.75 Å². The molecule has 0 bridgehead atoms. The van der Waals surface area contributed by atoms with Gasteiger partial charge in [0.05, 0.1) is 17.9 Å². The van der Waals surface area contributed by atoms with Crippen molar-refractivity contribution in [2.24, 2.45) is 0 Å². The van der Waals surface area contributed by atoms with Gasteiger partial charge in [-0.2, -0.15) is 0 Å². The van der Waals surface area contributed by atoms with E-state index in [-0.39, 0.29) is 5.56 Å². The number of carbonyl (C=O) groups is 2. The Kier molecular flexibility index (Phi) is 6.50. The van der Waals surface area contributed by atoms with Gasteiger partial charge in [0, 0.05) is 22.5 Å². The van der Waals surface area contributed by atoms with E-state index in [1.165, 1.54) is 6.07 Å². The average molecular weight is 442 g/mol. The summed E-state index contributed by atoms with van der Waals surface area (Å²) >= 11 is 0. The maximum absolute atomic E-state index is 13.3. The number of nitrogens with one attached hydrogen (secondary N) is 2. The molecule has 0 aliphatic carbocycles. The Morgan fingerprint density at radius 3 is 2.42 bits per heavy atom. The monoisotopic (exact) mass is 442 g/mol. The number of aromatic amines is 1. The first-order valence-electron chi connectivity index (χ1n) is 10.5. The molecule has 0 aliphatic rings. The molecule has 33 heavy (non-hydrogen) atoms. The molecule has 1 atom stereocenters. The molecule has 3 aromatic carbocycles. The van der Waals surface area contributed by atoms with Gasteiger partial charge in [0.1, 0.15) is 5.75 Å². The Bertz CT molecular complexity index is 1350. The fourth-order valence-electron chi connectivity index (χ4n) is 3.49. The van der Waals surface area contributed by atoms with E-state index in [4.69, 9.17) is 9.47 Å². The van der Waals surface area contributed by atoms with Gasteiger partial charge in [-0.15, -0.1) is 0 Å². The average Bonchev–Trinajstić information content (AvgIpc) is 2.83. The molecule has 0 aliphatic heterocycles. The van der Waals surface area contributed by atoms with E-state index >= 15 is 0 Å². The highest BCUT2D eigenvalue weighted by molar-refractivity contribution is 6.05. The third kappa shape index (κ3) is 4.93. The Balaban J connectivity index is 1.67. The summed E-state index contributed by atoms with van der Waals surface area (Å²) in [5, 5.41) is 3.31. The number of hydrogen-bond acceptors (Lipinski definition) is 5. The minimum atomic E-state index is -1.24. The standard InChI is InChI=1S/C26H22N2O5/c1-2-32-22-15-9-8-14-21(22)28-25(30)24(17-10-4-3-5-11-17)33-26(31)19-16-23(29)27-20-13-7-6-12-18(19)20/h3-16,24H,2H2,1H3,(H,27,29)(H,28,30). The number of amides is 1. The molecular formula is C26H22N2O5. The lowest BCUT2D eigenvalue weighted by Gasteiger charge is -2.19. The van der Waals surface area contributed by atoms with Crippen LogP contribution in [0.3, 0.4) is 0 Å². The van der Waals surface area contributed by atoms with E-state index in [2.05, 4.69) is 10.3 Å². The second-order valence-electron chi connectivity index (χ2n) is 7.21. The highest BCUT2D eigenvalue weighted by Crippen LogP contribution is 2.27. The third-order valence-corrected chi connectivity index (χ3v) is 4.98. The number of carbonyl (C=O) groups excluding carboxylic acids is 2. The van der Waals surface area contributed by atoms with Crippen LogP contribution in [0.4, 0.5) is 5.69 Å². The number of para-hydroxylation sites is 3. The Morgan fingerprint density at radius 2 is 1.64 bits per heavy atom. The summed E-state index contributed by atoms with van der Waals surface area (Å²) in [6, 6.07) is 23.8.